The van der Waals surface area contributed by atoms with E-state index in [2.05, 4.69) is 11.2 Å². The van der Waals surface area contributed by atoms with Crippen molar-refractivity contribution in [1.29, 1.82) is 0 Å². The molecule has 59 valence electrons. The minimum atomic E-state index is 0. The fourth-order valence-electron chi connectivity index (χ4n) is 0.955. The van der Waals surface area contributed by atoms with Gasteiger partial charge in [-0.05, 0) is 12.1 Å². The van der Waals surface area contributed by atoms with Gasteiger partial charge in [0, 0.05) is 18.6 Å². The summed E-state index contributed by atoms with van der Waals surface area (Å²) in [6.07, 6.45) is 3.45. The maximum absolute atomic E-state index is 4.05. The number of aromatic nitrogens is 2. The Bertz CT molecular complexity index is 316. The molecule has 0 saturated carbocycles. The van der Waals surface area contributed by atoms with Crippen molar-refractivity contribution in [1.82, 2.24) is 9.78 Å². The summed E-state index contributed by atoms with van der Waals surface area (Å²) in [5.74, 6) is 0. The molecule has 0 bridgehead atoms. The molecule has 0 aliphatic rings. The fourth-order valence-corrected chi connectivity index (χ4v) is 0.955. The molecule has 0 saturated heterocycles. The Morgan fingerprint density at radius 3 is 2.50 bits per heavy atom. The molecule has 1 aromatic carbocycles. The number of benzene rings is 1. The molecular weight excluding hydrogens is 187 g/mol. The van der Waals surface area contributed by atoms with Crippen LogP contribution in [0.15, 0.2) is 42.7 Å². The van der Waals surface area contributed by atoms with Crippen LogP contribution >= 0.6 is 0 Å². The summed E-state index contributed by atoms with van der Waals surface area (Å²) < 4.78 is 1.78. The maximum atomic E-state index is 4.05. The van der Waals surface area contributed by atoms with E-state index in [9.17, 15) is 0 Å². The zero-order chi connectivity index (χ0) is 7.52. The van der Waals surface area contributed by atoms with Crippen molar-refractivity contribution in [3.63, 3.8) is 0 Å². The monoisotopic (exact) mass is 194 g/mol. The second-order valence-corrected chi connectivity index (χ2v) is 2.22. The van der Waals surface area contributed by atoms with Crippen LogP contribution in [0.3, 0.4) is 0 Å². The molecule has 0 amide bonds. The van der Waals surface area contributed by atoms with Gasteiger partial charge in [0.15, 0.2) is 0 Å². The standard InChI is InChI=1S/C9H7N2.V/c1-2-5-9(6-3-1)11-8-4-7-10-11;/h1-3,5-8H;/q-1;. The molecule has 3 heteroatoms. The van der Waals surface area contributed by atoms with Crippen molar-refractivity contribution in [3.8, 4) is 5.69 Å². The first kappa shape index (κ1) is 9.11. The molecule has 2 aromatic rings. The van der Waals surface area contributed by atoms with Gasteiger partial charge in [0.25, 0.3) is 0 Å². The van der Waals surface area contributed by atoms with E-state index >= 15 is 0 Å². The molecule has 2 nitrogen and oxygen atoms in total. The Morgan fingerprint density at radius 1 is 1.17 bits per heavy atom. The summed E-state index contributed by atoms with van der Waals surface area (Å²) in [4.78, 5) is 0. The van der Waals surface area contributed by atoms with Gasteiger partial charge >= 0.3 is 0 Å². The van der Waals surface area contributed by atoms with Gasteiger partial charge in [-0.25, -0.2) is 5.10 Å². The molecule has 0 spiro atoms. The quantitative estimate of drug-likeness (QED) is 0.631. The Hall–Kier alpha value is -0.986. The van der Waals surface area contributed by atoms with Crippen molar-refractivity contribution in [2.75, 3.05) is 0 Å². The Balaban J connectivity index is 0.000000720. The van der Waals surface area contributed by atoms with Crippen molar-refractivity contribution < 1.29 is 18.6 Å². The molecule has 0 unspecified atom stereocenters. The van der Waals surface area contributed by atoms with Crippen molar-refractivity contribution in [2.24, 2.45) is 0 Å². The molecule has 12 heavy (non-hydrogen) atoms. The molecule has 1 radical (unpaired) electrons. The molecule has 0 aliphatic carbocycles. The number of hydrogen-bond acceptors (Lipinski definition) is 1. The summed E-state index contributed by atoms with van der Waals surface area (Å²) in [6, 6.07) is 12.8. The van der Waals surface area contributed by atoms with Gasteiger partial charge in [0.2, 0.25) is 0 Å². The van der Waals surface area contributed by atoms with E-state index in [0.717, 1.165) is 5.69 Å². The second kappa shape index (κ2) is 4.14. The molecule has 0 aliphatic heterocycles. The summed E-state index contributed by atoms with van der Waals surface area (Å²) in [5, 5.41) is 4.05. The van der Waals surface area contributed by atoms with Gasteiger partial charge in [0.05, 0.1) is 5.69 Å². The van der Waals surface area contributed by atoms with E-state index in [1.807, 2.05) is 30.3 Å². The van der Waals surface area contributed by atoms with Crippen LogP contribution in [0.2, 0.25) is 0 Å². The molecule has 0 N–H and O–H groups in total. The van der Waals surface area contributed by atoms with Crippen LogP contribution < -0.4 is 0 Å². The molecule has 0 fully saturated rings. The van der Waals surface area contributed by atoms with Gasteiger partial charge < -0.3 is 6.07 Å². The van der Waals surface area contributed by atoms with Crippen LogP contribution in [-0.2, 0) is 18.6 Å². The van der Waals surface area contributed by atoms with E-state index < -0.39 is 0 Å². The average molecular weight is 194 g/mol. The summed E-state index contributed by atoms with van der Waals surface area (Å²) in [5.41, 5.74) is 1.06. The van der Waals surface area contributed by atoms with Crippen LogP contribution in [0.1, 0.15) is 0 Å². The zero-order valence-electron chi connectivity index (χ0n) is 6.38. The zero-order valence-corrected chi connectivity index (χ0v) is 7.78. The third-order valence-electron chi connectivity index (χ3n) is 1.47. The Morgan fingerprint density at radius 2 is 1.92 bits per heavy atom. The Kier molecular flexibility index (Phi) is 3.14. The van der Waals surface area contributed by atoms with Crippen LogP contribution in [0, 0.1) is 6.07 Å². The predicted octanol–water partition coefficient (Wildman–Crippen LogP) is 1.67. The summed E-state index contributed by atoms with van der Waals surface area (Å²) in [7, 11) is 0. The minimum Gasteiger partial charge on any atom is -0.432 e. The van der Waals surface area contributed by atoms with E-state index in [4.69, 9.17) is 0 Å². The van der Waals surface area contributed by atoms with Gasteiger partial charge in [-0.2, -0.15) is 0 Å². The van der Waals surface area contributed by atoms with Crippen molar-refractivity contribution >= 4 is 0 Å². The number of nitrogens with zero attached hydrogens (tertiary/aromatic N) is 2. The minimum absolute atomic E-state index is 0. The third kappa shape index (κ3) is 1.78. The van der Waals surface area contributed by atoms with Gasteiger partial charge in [-0.3, -0.25) is 4.68 Å². The largest absolute Gasteiger partial charge is 0.432 e. The van der Waals surface area contributed by atoms with Gasteiger partial charge in [-0.1, -0.05) is 18.2 Å². The average Bonchev–Trinajstić information content (AvgIpc) is 2.58. The molecule has 2 rings (SSSR count). The molecule has 1 heterocycles. The first-order chi connectivity index (χ1) is 5.47. The Labute approximate surface area is 83.1 Å². The van der Waals surface area contributed by atoms with Crippen LogP contribution in [0.4, 0.5) is 0 Å². The maximum Gasteiger partial charge on any atom is 0.0610 e. The summed E-state index contributed by atoms with van der Waals surface area (Å²) >= 11 is 0. The van der Waals surface area contributed by atoms with Crippen molar-refractivity contribution in [2.45, 2.75) is 0 Å². The number of rotatable bonds is 1. The smallest absolute Gasteiger partial charge is 0.0610 e. The predicted molar refractivity (Wildman–Crippen MR) is 42.4 cm³/mol. The number of hydrogen-bond donors (Lipinski definition) is 0. The normalized spacial score (nSPS) is 9.00. The van der Waals surface area contributed by atoms with Gasteiger partial charge in [0.1, 0.15) is 0 Å². The third-order valence-corrected chi connectivity index (χ3v) is 1.47. The molecular formula is C9H7N2V-. The van der Waals surface area contributed by atoms with Crippen molar-refractivity contribution in [3.05, 3.63) is 48.8 Å². The van der Waals surface area contributed by atoms with E-state index in [0.29, 0.717) is 0 Å². The first-order valence-corrected chi connectivity index (χ1v) is 3.43. The summed E-state index contributed by atoms with van der Waals surface area (Å²) in [6.45, 7) is 0. The second-order valence-electron chi connectivity index (χ2n) is 2.22. The van der Waals surface area contributed by atoms with E-state index in [1.54, 1.807) is 17.1 Å². The van der Waals surface area contributed by atoms with E-state index in [1.165, 1.54) is 0 Å². The van der Waals surface area contributed by atoms with Gasteiger partial charge in [-0.15, -0.1) is 12.4 Å². The molecule has 0 atom stereocenters. The van der Waals surface area contributed by atoms with Crippen LogP contribution in [0.25, 0.3) is 5.69 Å². The first-order valence-electron chi connectivity index (χ1n) is 3.43. The van der Waals surface area contributed by atoms with Crippen LogP contribution in [-0.4, -0.2) is 9.78 Å². The topological polar surface area (TPSA) is 17.8 Å². The SMILES string of the molecule is [V].[c-]1cnn(-c2ccccc2)c1. The van der Waals surface area contributed by atoms with Crippen LogP contribution in [0.5, 0.6) is 0 Å². The molecule has 1 aromatic heterocycles. The fraction of sp³-hybridized carbons (Fsp3) is 0. The van der Waals surface area contributed by atoms with E-state index in [-0.39, 0.29) is 18.6 Å². The number of para-hydroxylation sites is 1.